The molecule has 0 saturated heterocycles. The van der Waals surface area contributed by atoms with E-state index in [1.165, 1.54) is 13.2 Å². The Bertz CT molecular complexity index is 573. The first kappa shape index (κ1) is 16.9. The van der Waals surface area contributed by atoms with Crippen molar-refractivity contribution in [1.29, 1.82) is 0 Å². The molecule has 0 N–H and O–H groups in total. The SMILES string of the molecule is CCOC(=O)c1cc([N+](=O)[O-])c(OCC(=O)OC)cc1Br. The Morgan fingerprint density at radius 3 is 2.57 bits per heavy atom. The van der Waals surface area contributed by atoms with E-state index in [0.717, 1.165) is 6.07 Å². The van der Waals surface area contributed by atoms with Crippen LogP contribution in [0.4, 0.5) is 5.69 Å². The van der Waals surface area contributed by atoms with Gasteiger partial charge in [0.2, 0.25) is 0 Å². The van der Waals surface area contributed by atoms with Gasteiger partial charge in [-0.05, 0) is 22.9 Å². The van der Waals surface area contributed by atoms with Gasteiger partial charge in [0.05, 0.1) is 24.2 Å². The quantitative estimate of drug-likeness (QED) is 0.433. The van der Waals surface area contributed by atoms with Crippen LogP contribution in [-0.4, -0.2) is 37.2 Å². The molecule has 0 fully saturated rings. The van der Waals surface area contributed by atoms with Gasteiger partial charge in [0, 0.05) is 16.6 Å². The van der Waals surface area contributed by atoms with Gasteiger partial charge in [-0.1, -0.05) is 0 Å². The lowest BCUT2D eigenvalue weighted by molar-refractivity contribution is -0.385. The van der Waals surface area contributed by atoms with E-state index in [4.69, 9.17) is 9.47 Å². The number of halogens is 1. The number of ether oxygens (including phenoxy) is 3. The molecular weight excluding hydrogens is 350 g/mol. The molecule has 0 spiro atoms. The number of esters is 2. The van der Waals surface area contributed by atoms with Gasteiger partial charge in [-0.15, -0.1) is 0 Å². The summed E-state index contributed by atoms with van der Waals surface area (Å²) in [7, 11) is 1.17. The average molecular weight is 362 g/mol. The maximum atomic E-state index is 11.7. The molecule has 114 valence electrons. The highest BCUT2D eigenvalue weighted by molar-refractivity contribution is 9.10. The number of nitro groups is 1. The van der Waals surface area contributed by atoms with Crippen LogP contribution >= 0.6 is 15.9 Å². The van der Waals surface area contributed by atoms with Gasteiger partial charge < -0.3 is 14.2 Å². The first-order chi connectivity index (χ1) is 9.90. The van der Waals surface area contributed by atoms with Crippen molar-refractivity contribution in [3.8, 4) is 5.75 Å². The number of carbonyl (C=O) groups is 2. The van der Waals surface area contributed by atoms with Crippen LogP contribution in [0.25, 0.3) is 0 Å². The molecule has 0 aliphatic rings. The Hall–Kier alpha value is -2.16. The number of nitro benzene ring substituents is 1. The first-order valence-corrected chi connectivity index (χ1v) is 6.54. The minimum atomic E-state index is -0.720. The van der Waals surface area contributed by atoms with Crippen molar-refractivity contribution < 1.29 is 28.7 Å². The minimum Gasteiger partial charge on any atom is -0.475 e. The fourth-order valence-electron chi connectivity index (χ4n) is 1.36. The summed E-state index contributed by atoms with van der Waals surface area (Å²) in [6.07, 6.45) is 0. The summed E-state index contributed by atoms with van der Waals surface area (Å²) in [4.78, 5) is 33.0. The first-order valence-electron chi connectivity index (χ1n) is 5.75. The molecule has 0 aromatic heterocycles. The van der Waals surface area contributed by atoms with Crippen molar-refractivity contribution in [2.45, 2.75) is 6.92 Å². The van der Waals surface area contributed by atoms with Crippen molar-refractivity contribution in [2.75, 3.05) is 20.3 Å². The van der Waals surface area contributed by atoms with Crippen molar-refractivity contribution in [3.05, 3.63) is 32.3 Å². The number of benzene rings is 1. The smallest absolute Gasteiger partial charge is 0.343 e. The van der Waals surface area contributed by atoms with E-state index in [0.29, 0.717) is 0 Å². The van der Waals surface area contributed by atoms with Crippen molar-refractivity contribution in [2.24, 2.45) is 0 Å². The number of hydrogen-bond donors (Lipinski definition) is 0. The van der Waals surface area contributed by atoms with Crippen LogP contribution in [-0.2, 0) is 14.3 Å². The van der Waals surface area contributed by atoms with E-state index in [1.807, 2.05) is 0 Å². The topological polar surface area (TPSA) is 105 Å². The Kier molecular flexibility index (Phi) is 6.10. The molecule has 0 atom stereocenters. The Morgan fingerprint density at radius 2 is 2.05 bits per heavy atom. The third-order valence-electron chi connectivity index (χ3n) is 2.31. The van der Waals surface area contributed by atoms with Gasteiger partial charge in [-0.2, -0.15) is 0 Å². The van der Waals surface area contributed by atoms with E-state index in [-0.39, 0.29) is 22.4 Å². The highest BCUT2D eigenvalue weighted by Crippen LogP contribution is 2.33. The molecule has 0 radical (unpaired) electrons. The highest BCUT2D eigenvalue weighted by Gasteiger charge is 2.23. The molecule has 1 aromatic rings. The van der Waals surface area contributed by atoms with E-state index in [9.17, 15) is 19.7 Å². The van der Waals surface area contributed by atoms with E-state index in [2.05, 4.69) is 20.7 Å². The number of rotatable bonds is 6. The summed E-state index contributed by atoms with van der Waals surface area (Å²) in [5.41, 5.74) is -0.459. The summed E-state index contributed by atoms with van der Waals surface area (Å²) in [6, 6.07) is 2.25. The second kappa shape index (κ2) is 7.58. The molecule has 1 rings (SSSR count). The molecular formula is C12H12BrNO7. The largest absolute Gasteiger partial charge is 0.475 e. The predicted molar refractivity (Wildman–Crippen MR) is 74.3 cm³/mol. The monoisotopic (exact) mass is 361 g/mol. The predicted octanol–water partition coefficient (Wildman–Crippen LogP) is 2.09. The van der Waals surface area contributed by atoms with Gasteiger partial charge in [-0.3, -0.25) is 10.1 Å². The van der Waals surface area contributed by atoms with Crippen LogP contribution in [0, 0.1) is 10.1 Å². The zero-order valence-electron chi connectivity index (χ0n) is 11.3. The summed E-state index contributed by atoms with van der Waals surface area (Å²) in [5.74, 6) is -1.55. The molecule has 0 saturated carbocycles. The maximum absolute atomic E-state index is 11.7. The van der Waals surface area contributed by atoms with Crippen LogP contribution in [0.2, 0.25) is 0 Å². The third kappa shape index (κ3) is 4.42. The van der Waals surface area contributed by atoms with Crippen molar-refractivity contribution >= 4 is 33.6 Å². The van der Waals surface area contributed by atoms with Gasteiger partial charge in [0.1, 0.15) is 0 Å². The third-order valence-corrected chi connectivity index (χ3v) is 2.97. The lowest BCUT2D eigenvalue weighted by atomic mass is 10.2. The summed E-state index contributed by atoms with van der Waals surface area (Å²) < 4.78 is 14.5. The fraction of sp³-hybridized carbons (Fsp3) is 0.333. The summed E-state index contributed by atoms with van der Waals surface area (Å²) >= 11 is 3.11. The van der Waals surface area contributed by atoms with Crippen LogP contribution in [0.1, 0.15) is 17.3 Å². The molecule has 0 aliphatic heterocycles. The minimum absolute atomic E-state index is 0.00559. The van der Waals surface area contributed by atoms with Gasteiger partial charge in [-0.25, -0.2) is 9.59 Å². The molecule has 0 bridgehead atoms. The van der Waals surface area contributed by atoms with Crippen molar-refractivity contribution in [1.82, 2.24) is 0 Å². The van der Waals surface area contributed by atoms with E-state index in [1.54, 1.807) is 6.92 Å². The van der Waals surface area contributed by atoms with Crippen LogP contribution in [0.15, 0.2) is 16.6 Å². The van der Waals surface area contributed by atoms with Crippen molar-refractivity contribution in [3.63, 3.8) is 0 Å². The molecule has 0 aliphatic carbocycles. The van der Waals surface area contributed by atoms with Crippen LogP contribution in [0.3, 0.4) is 0 Å². The number of carbonyl (C=O) groups excluding carboxylic acids is 2. The van der Waals surface area contributed by atoms with E-state index >= 15 is 0 Å². The Morgan fingerprint density at radius 1 is 1.38 bits per heavy atom. The summed E-state index contributed by atoms with van der Waals surface area (Å²) in [6.45, 7) is 1.27. The standard InChI is InChI=1S/C12H12BrNO7/c1-3-20-12(16)7-4-9(14(17)18)10(5-8(7)13)21-6-11(15)19-2/h4-5H,3,6H2,1-2H3. The number of methoxy groups -OCH3 is 1. The average Bonchev–Trinajstić information content (AvgIpc) is 2.44. The summed E-state index contributed by atoms with van der Waals surface area (Å²) in [5, 5.41) is 11.0. The zero-order valence-corrected chi connectivity index (χ0v) is 12.8. The number of nitrogens with zero attached hydrogens (tertiary/aromatic N) is 1. The molecule has 1 aromatic carbocycles. The highest BCUT2D eigenvalue weighted by atomic mass is 79.9. The Balaban J connectivity index is 3.15. The van der Waals surface area contributed by atoms with Crippen LogP contribution < -0.4 is 4.74 Å². The molecule has 0 amide bonds. The van der Waals surface area contributed by atoms with Gasteiger partial charge >= 0.3 is 17.6 Å². The molecule has 9 heteroatoms. The lowest BCUT2D eigenvalue weighted by Gasteiger charge is -2.09. The molecule has 0 heterocycles. The normalized spacial score (nSPS) is 9.86. The molecule has 0 unspecified atom stereocenters. The molecule has 8 nitrogen and oxygen atoms in total. The second-order valence-corrected chi connectivity index (χ2v) is 4.50. The number of hydrogen-bond acceptors (Lipinski definition) is 7. The van der Waals surface area contributed by atoms with Crippen LogP contribution in [0.5, 0.6) is 5.75 Å². The molecule has 21 heavy (non-hydrogen) atoms. The van der Waals surface area contributed by atoms with E-state index < -0.39 is 29.2 Å². The zero-order chi connectivity index (χ0) is 16.0. The Labute approximate surface area is 128 Å². The fourth-order valence-corrected chi connectivity index (χ4v) is 1.85. The van der Waals surface area contributed by atoms with Gasteiger partial charge in [0.15, 0.2) is 12.4 Å². The van der Waals surface area contributed by atoms with Gasteiger partial charge in [0.25, 0.3) is 0 Å². The second-order valence-electron chi connectivity index (χ2n) is 3.64. The lowest BCUT2D eigenvalue weighted by Crippen LogP contribution is -2.14. The maximum Gasteiger partial charge on any atom is 0.343 e.